The van der Waals surface area contributed by atoms with Gasteiger partial charge in [0.15, 0.2) is 11.6 Å². The fourth-order valence-electron chi connectivity index (χ4n) is 4.09. The second-order valence-corrected chi connectivity index (χ2v) is 8.14. The van der Waals surface area contributed by atoms with Crippen LogP contribution in [0.25, 0.3) is 11.8 Å². The number of carbonyl (C=O) groups is 1. The highest BCUT2D eigenvalue weighted by Gasteiger charge is 2.23. The van der Waals surface area contributed by atoms with E-state index in [1.807, 2.05) is 46.9 Å². The van der Waals surface area contributed by atoms with Gasteiger partial charge in [0.1, 0.15) is 5.75 Å². The second kappa shape index (κ2) is 9.90. The van der Waals surface area contributed by atoms with Crippen molar-refractivity contribution in [3.63, 3.8) is 0 Å². The molecule has 0 N–H and O–H groups in total. The number of aromatic nitrogens is 2. The van der Waals surface area contributed by atoms with Gasteiger partial charge in [0.25, 0.3) is 0 Å². The number of halogens is 1. The molecule has 1 aliphatic heterocycles. The average Bonchev–Trinajstić information content (AvgIpc) is 3.26. The van der Waals surface area contributed by atoms with Crippen LogP contribution in [0.2, 0.25) is 0 Å². The number of piperidine rings is 1. The molecule has 1 aliphatic rings. The molecular weight excluding hydrogens is 421 g/mol. The van der Waals surface area contributed by atoms with Gasteiger partial charge in [-0.25, -0.2) is 9.37 Å². The predicted octanol–water partition coefficient (Wildman–Crippen LogP) is 4.59. The third kappa shape index (κ3) is 5.08. The van der Waals surface area contributed by atoms with Crippen molar-refractivity contribution in [3.05, 3.63) is 77.1 Å². The molecule has 0 spiro atoms. The molecule has 6 nitrogen and oxygen atoms in total. The Bertz CT molecular complexity index is 1190. The normalized spacial score (nSPS) is 15.2. The van der Waals surface area contributed by atoms with Crippen molar-refractivity contribution >= 4 is 12.0 Å². The molecule has 2 heterocycles. The lowest BCUT2D eigenvalue weighted by Gasteiger charge is -2.28. The quantitative estimate of drug-likeness (QED) is 0.495. The molecule has 33 heavy (non-hydrogen) atoms. The fourth-order valence-corrected chi connectivity index (χ4v) is 4.09. The minimum absolute atomic E-state index is 0.0450. The number of benzene rings is 2. The van der Waals surface area contributed by atoms with Gasteiger partial charge in [0.2, 0.25) is 5.91 Å². The summed E-state index contributed by atoms with van der Waals surface area (Å²) in [6.45, 7) is 3.23. The minimum Gasteiger partial charge on any atom is -0.495 e. The summed E-state index contributed by atoms with van der Waals surface area (Å²) in [6, 6.07) is 10.7. The Morgan fingerprint density at radius 3 is 2.67 bits per heavy atom. The van der Waals surface area contributed by atoms with E-state index in [0.29, 0.717) is 18.7 Å². The SMILES string of the molecule is COc1cc(CCN2CCC/C(=C\c3ccc(-n4cnc(C)c4)c(OC)c3)C2=O)ccc1F. The van der Waals surface area contributed by atoms with Crippen molar-refractivity contribution in [1.29, 1.82) is 0 Å². The summed E-state index contributed by atoms with van der Waals surface area (Å²) in [5, 5.41) is 0. The summed E-state index contributed by atoms with van der Waals surface area (Å²) in [5.74, 6) is 0.599. The van der Waals surface area contributed by atoms with Gasteiger partial charge >= 0.3 is 0 Å². The highest BCUT2D eigenvalue weighted by atomic mass is 19.1. The minimum atomic E-state index is -0.384. The van der Waals surface area contributed by atoms with Gasteiger partial charge in [0.05, 0.1) is 31.9 Å². The lowest BCUT2D eigenvalue weighted by molar-refractivity contribution is -0.128. The molecule has 1 saturated heterocycles. The summed E-state index contributed by atoms with van der Waals surface area (Å²) in [6.07, 6.45) is 7.93. The molecule has 1 amide bonds. The van der Waals surface area contributed by atoms with E-state index >= 15 is 0 Å². The molecule has 0 bridgehead atoms. The summed E-state index contributed by atoms with van der Waals surface area (Å²) in [7, 11) is 3.09. The maximum absolute atomic E-state index is 13.7. The zero-order chi connectivity index (χ0) is 23.4. The number of nitrogens with zero attached hydrogens (tertiary/aromatic N) is 3. The number of carbonyl (C=O) groups excluding carboxylic acids is 1. The number of ether oxygens (including phenoxy) is 2. The lowest BCUT2D eigenvalue weighted by Crippen LogP contribution is -2.38. The topological polar surface area (TPSA) is 56.6 Å². The Labute approximate surface area is 193 Å². The number of imidazole rings is 1. The monoisotopic (exact) mass is 449 g/mol. The number of rotatable bonds is 7. The van der Waals surface area contributed by atoms with Crippen LogP contribution in [0, 0.1) is 12.7 Å². The molecule has 0 saturated carbocycles. The predicted molar refractivity (Wildman–Crippen MR) is 125 cm³/mol. The van der Waals surface area contributed by atoms with Gasteiger partial charge in [-0.15, -0.1) is 0 Å². The molecule has 172 valence electrons. The smallest absolute Gasteiger partial charge is 0.249 e. The Balaban J connectivity index is 1.48. The Hall–Kier alpha value is -3.61. The first-order valence-corrected chi connectivity index (χ1v) is 11.0. The molecule has 0 atom stereocenters. The maximum atomic E-state index is 13.7. The molecule has 4 rings (SSSR count). The molecular formula is C26H28FN3O3. The van der Waals surface area contributed by atoms with Crippen LogP contribution in [-0.4, -0.2) is 47.7 Å². The van der Waals surface area contributed by atoms with Crippen molar-refractivity contribution in [2.75, 3.05) is 27.3 Å². The van der Waals surface area contributed by atoms with Gasteiger partial charge < -0.3 is 18.9 Å². The standard InChI is InChI=1S/C26H28FN3O3/c1-18-16-30(17-28-18)23-9-7-20(15-25(23)33-3)13-21-5-4-11-29(26(21)31)12-10-19-6-8-22(27)24(14-19)32-2/h6-9,13-17H,4-5,10-12H2,1-3H3/b21-13+. The molecule has 1 aromatic heterocycles. The molecule has 0 unspecified atom stereocenters. The summed E-state index contributed by atoms with van der Waals surface area (Å²) < 4.78 is 26.2. The third-order valence-electron chi connectivity index (χ3n) is 5.86. The lowest BCUT2D eigenvalue weighted by atomic mass is 10.00. The molecule has 0 radical (unpaired) electrons. The fraction of sp³-hybridized carbons (Fsp3) is 0.308. The van der Waals surface area contributed by atoms with E-state index in [1.165, 1.54) is 13.2 Å². The van der Waals surface area contributed by atoms with Crippen LogP contribution in [0.3, 0.4) is 0 Å². The molecule has 7 heteroatoms. The number of amides is 1. The zero-order valence-electron chi connectivity index (χ0n) is 19.2. The molecule has 1 fully saturated rings. The molecule has 0 aliphatic carbocycles. The van der Waals surface area contributed by atoms with Crippen molar-refractivity contribution < 1.29 is 18.7 Å². The highest BCUT2D eigenvalue weighted by Crippen LogP contribution is 2.27. The van der Waals surface area contributed by atoms with Crippen LogP contribution in [0.5, 0.6) is 11.5 Å². The first-order chi connectivity index (χ1) is 16.0. The van der Waals surface area contributed by atoms with Gasteiger partial charge in [-0.1, -0.05) is 12.1 Å². The van der Waals surface area contributed by atoms with E-state index in [9.17, 15) is 9.18 Å². The van der Waals surface area contributed by atoms with Crippen molar-refractivity contribution in [3.8, 4) is 17.2 Å². The van der Waals surface area contributed by atoms with Crippen LogP contribution < -0.4 is 9.47 Å². The van der Waals surface area contributed by atoms with Crippen molar-refractivity contribution in [1.82, 2.24) is 14.5 Å². The van der Waals surface area contributed by atoms with Gasteiger partial charge in [-0.2, -0.15) is 0 Å². The third-order valence-corrected chi connectivity index (χ3v) is 5.86. The summed E-state index contributed by atoms with van der Waals surface area (Å²) in [4.78, 5) is 19.2. The Morgan fingerprint density at radius 1 is 1.12 bits per heavy atom. The number of aryl methyl sites for hydroxylation is 1. The highest BCUT2D eigenvalue weighted by molar-refractivity contribution is 5.98. The maximum Gasteiger partial charge on any atom is 0.249 e. The van der Waals surface area contributed by atoms with Crippen LogP contribution in [0.4, 0.5) is 4.39 Å². The first-order valence-electron chi connectivity index (χ1n) is 11.0. The Kier molecular flexibility index (Phi) is 6.77. The van der Waals surface area contributed by atoms with E-state index in [1.54, 1.807) is 25.6 Å². The Morgan fingerprint density at radius 2 is 1.94 bits per heavy atom. The average molecular weight is 450 g/mol. The largest absolute Gasteiger partial charge is 0.495 e. The second-order valence-electron chi connectivity index (χ2n) is 8.14. The first kappa shape index (κ1) is 22.6. The van der Waals surface area contributed by atoms with Crippen LogP contribution in [0.1, 0.15) is 29.7 Å². The van der Waals surface area contributed by atoms with Gasteiger partial charge in [0, 0.05) is 24.9 Å². The number of likely N-dealkylation sites (tertiary alicyclic amines) is 1. The van der Waals surface area contributed by atoms with E-state index in [2.05, 4.69) is 4.98 Å². The van der Waals surface area contributed by atoms with Crippen molar-refractivity contribution in [2.24, 2.45) is 0 Å². The van der Waals surface area contributed by atoms with E-state index in [-0.39, 0.29) is 17.5 Å². The van der Waals surface area contributed by atoms with Gasteiger partial charge in [-0.05, 0) is 67.7 Å². The van der Waals surface area contributed by atoms with E-state index < -0.39 is 0 Å². The van der Waals surface area contributed by atoms with Crippen LogP contribution in [-0.2, 0) is 11.2 Å². The van der Waals surface area contributed by atoms with E-state index in [4.69, 9.17) is 9.47 Å². The number of hydrogen-bond acceptors (Lipinski definition) is 4. The zero-order valence-corrected chi connectivity index (χ0v) is 19.2. The van der Waals surface area contributed by atoms with Crippen molar-refractivity contribution in [2.45, 2.75) is 26.2 Å². The molecule has 2 aromatic carbocycles. The van der Waals surface area contributed by atoms with Crippen LogP contribution >= 0.6 is 0 Å². The van der Waals surface area contributed by atoms with Gasteiger partial charge in [-0.3, -0.25) is 4.79 Å². The summed E-state index contributed by atoms with van der Waals surface area (Å²) >= 11 is 0. The number of hydrogen-bond donors (Lipinski definition) is 0. The molecule has 3 aromatic rings. The number of methoxy groups -OCH3 is 2. The van der Waals surface area contributed by atoms with E-state index in [0.717, 1.165) is 47.5 Å². The van der Waals surface area contributed by atoms with Crippen LogP contribution in [0.15, 0.2) is 54.5 Å². The summed E-state index contributed by atoms with van der Waals surface area (Å²) in [5.41, 5.74) is 4.46.